The molecular weight excluding hydrogens is 434 g/mol. The van der Waals surface area contributed by atoms with Crippen LogP contribution in [0.4, 0.5) is 4.79 Å². The van der Waals surface area contributed by atoms with E-state index >= 15 is 0 Å². The van der Waals surface area contributed by atoms with Crippen LogP contribution in [0.3, 0.4) is 0 Å². The molecule has 3 nitrogen and oxygen atoms in total. The van der Waals surface area contributed by atoms with Gasteiger partial charge >= 0.3 is 6.09 Å². The zero-order valence-electron chi connectivity index (χ0n) is 22.3. The van der Waals surface area contributed by atoms with Gasteiger partial charge in [-0.3, -0.25) is 0 Å². The second kappa shape index (κ2) is 12.8. The van der Waals surface area contributed by atoms with Crippen molar-refractivity contribution in [3.63, 3.8) is 0 Å². The summed E-state index contributed by atoms with van der Waals surface area (Å²) in [5, 5.41) is 2.51. The summed E-state index contributed by atoms with van der Waals surface area (Å²) >= 11 is 0. The van der Waals surface area contributed by atoms with E-state index in [0.29, 0.717) is 0 Å². The molecule has 1 atom stereocenters. The molecule has 0 fully saturated rings. The first-order valence-electron chi connectivity index (χ1n) is 12.5. The monoisotopic (exact) mass is 477 g/mol. The van der Waals surface area contributed by atoms with Crippen LogP contribution < -0.4 is 10.4 Å². The molecule has 0 aliphatic rings. The number of carbonyl (C=O) groups excluding carboxylic acids is 1. The molecule has 0 saturated heterocycles. The molecule has 0 aromatic heterocycles. The molecule has 4 heteroatoms. The highest BCUT2D eigenvalue weighted by molar-refractivity contribution is 7.02. The predicted octanol–water partition coefficient (Wildman–Crippen LogP) is 6.74. The summed E-state index contributed by atoms with van der Waals surface area (Å²) in [6.07, 6.45) is 6.19. The van der Waals surface area contributed by atoms with E-state index in [1.807, 2.05) is 44.7 Å². The smallest absolute Gasteiger partial charge is 0.410 e. The fraction of sp³-hybridized carbons (Fsp3) is 0.433. The summed E-state index contributed by atoms with van der Waals surface area (Å²) in [5.74, 6) is 0. The number of amides is 1. The largest absolute Gasteiger partial charge is 0.445 e. The molecule has 184 valence electrons. The van der Waals surface area contributed by atoms with Gasteiger partial charge in [-0.1, -0.05) is 84.4 Å². The molecule has 2 aromatic carbocycles. The van der Waals surface area contributed by atoms with Crippen LogP contribution in [0.15, 0.2) is 84.0 Å². The van der Waals surface area contributed by atoms with Gasteiger partial charge in [0, 0.05) is 12.1 Å². The van der Waals surface area contributed by atoms with Crippen LogP contribution in [0, 0.1) is 0 Å². The molecule has 2 rings (SSSR count). The number of allylic oxidation sites excluding steroid dienone is 3. The highest BCUT2D eigenvalue weighted by Gasteiger charge is 2.43. The first kappa shape index (κ1) is 27.6. The predicted molar refractivity (Wildman–Crippen MR) is 149 cm³/mol. The molecular formula is C30H43NO2Si. The van der Waals surface area contributed by atoms with Crippen molar-refractivity contribution in [2.24, 2.45) is 0 Å². The number of hydrogen-bond donors (Lipinski definition) is 0. The van der Waals surface area contributed by atoms with E-state index in [1.165, 1.54) is 21.5 Å². The van der Waals surface area contributed by atoms with Gasteiger partial charge in [-0.25, -0.2) is 4.79 Å². The normalized spacial score (nSPS) is 13.1. The van der Waals surface area contributed by atoms with E-state index in [9.17, 15) is 4.79 Å². The molecule has 0 spiro atoms. The van der Waals surface area contributed by atoms with Gasteiger partial charge in [0.2, 0.25) is 0 Å². The molecule has 0 aliphatic heterocycles. The summed E-state index contributed by atoms with van der Waals surface area (Å²) in [7, 11) is -2.49. The lowest BCUT2D eigenvalue weighted by Crippen LogP contribution is -2.65. The number of benzene rings is 2. The topological polar surface area (TPSA) is 29.5 Å². The van der Waals surface area contributed by atoms with Crippen LogP contribution in [0.1, 0.15) is 61.3 Å². The molecule has 2 aromatic rings. The maximum absolute atomic E-state index is 13.5. The van der Waals surface area contributed by atoms with Crippen molar-refractivity contribution in [3.05, 3.63) is 84.0 Å². The standard InChI is InChI=1S/C30H43NO2Si/c1-23(2)16-15-17-26(7)22-29(33-30(32)31(24(3)4)25(5)6)34(8,27-18-11-9-12-19-27)28-20-13-10-14-21-28/h9-14,16,18-22,24-25,29H,15,17H2,1-8H3/b26-22-/t29-/m1/s1. The zero-order chi connectivity index (χ0) is 25.3. The van der Waals surface area contributed by atoms with Crippen LogP contribution in [-0.4, -0.2) is 36.9 Å². The summed E-state index contributed by atoms with van der Waals surface area (Å²) in [6.45, 7) is 16.9. The Morgan fingerprint density at radius 2 is 1.35 bits per heavy atom. The Hall–Kier alpha value is -2.59. The minimum Gasteiger partial charge on any atom is -0.445 e. The third-order valence-electron chi connectivity index (χ3n) is 6.39. The van der Waals surface area contributed by atoms with Crippen molar-refractivity contribution in [1.82, 2.24) is 4.90 Å². The van der Waals surface area contributed by atoms with Gasteiger partial charge in [-0.15, -0.1) is 0 Å². The molecule has 0 bridgehead atoms. The second-order valence-electron chi connectivity index (χ2n) is 10.2. The highest BCUT2D eigenvalue weighted by Crippen LogP contribution is 2.21. The Labute approximate surface area is 208 Å². The number of rotatable bonds is 10. The van der Waals surface area contributed by atoms with Gasteiger partial charge in [0.1, 0.15) is 5.73 Å². The molecule has 0 radical (unpaired) electrons. The van der Waals surface area contributed by atoms with Crippen molar-refractivity contribution in [3.8, 4) is 0 Å². The van der Waals surface area contributed by atoms with E-state index in [2.05, 4.69) is 88.0 Å². The number of hydrogen-bond acceptors (Lipinski definition) is 2. The van der Waals surface area contributed by atoms with E-state index < -0.39 is 8.07 Å². The summed E-state index contributed by atoms with van der Waals surface area (Å²) in [6, 6.07) is 21.3. The lowest BCUT2D eigenvalue weighted by molar-refractivity contribution is 0.0770. The van der Waals surface area contributed by atoms with Crippen molar-refractivity contribution >= 4 is 24.5 Å². The maximum atomic E-state index is 13.5. The zero-order valence-corrected chi connectivity index (χ0v) is 23.3. The number of ether oxygens (including phenoxy) is 1. The lowest BCUT2D eigenvalue weighted by Gasteiger charge is -2.38. The Bertz CT molecular complexity index is 912. The summed E-state index contributed by atoms with van der Waals surface area (Å²) < 4.78 is 6.46. The average molecular weight is 478 g/mol. The first-order chi connectivity index (χ1) is 16.1. The maximum Gasteiger partial charge on any atom is 0.410 e. The Morgan fingerprint density at radius 1 is 0.882 bits per heavy atom. The van der Waals surface area contributed by atoms with Gasteiger partial charge < -0.3 is 9.64 Å². The Balaban J connectivity index is 2.60. The Morgan fingerprint density at radius 3 is 1.76 bits per heavy atom. The lowest BCUT2D eigenvalue weighted by atomic mass is 10.1. The van der Waals surface area contributed by atoms with E-state index in [0.717, 1.165) is 12.8 Å². The molecule has 0 aliphatic carbocycles. The van der Waals surface area contributed by atoms with Crippen molar-refractivity contribution in [2.75, 3.05) is 0 Å². The van der Waals surface area contributed by atoms with E-state index in [-0.39, 0.29) is 23.9 Å². The van der Waals surface area contributed by atoms with Gasteiger partial charge in [-0.05, 0) is 77.8 Å². The molecule has 1 amide bonds. The Kier molecular flexibility index (Phi) is 10.4. The minimum atomic E-state index is -2.49. The van der Waals surface area contributed by atoms with Crippen LogP contribution in [-0.2, 0) is 4.74 Å². The number of nitrogens with zero attached hydrogens (tertiary/aromatic N) is 1. The SMILES string of the molecule is CC(C)=CCC/C(C)=C\[C@H](OC(=O)N(C(C)C)C(C)C)[Si](C)(c1ccccc1)c1ccccc1. The molecule has 0 N–H and O–H groups in total. The van der Waals surface area contributed by atoms with Crippen LogP contribution in [0.2, 0.25) is 6.55 Å². The molecule has 34 heavy (non-hydrogen) atoms. The van der Waals surface area contributed by atoms with Gasteiger partial charge in [0.25, 0.3) is 0 Å². The third kappa shape index (κ3) is 7.20. The van der Waals surface area contributed by atoms with Crippen molar-refractivity contribution < 1.29 is 9.53 Å². The number of carbonyl (C=O) groups is 1. The van der Waals surface area contributed by atoms with Crippen molar-refractivity contribution in [1.29, 1.82) is 0 Å². The third-order valence-corrected chi connectivity index (χ3v) is 10.9. The quantitative estimate of drug-likeness (QED) is 0.280. The van der Waals surface area contributed by atoms with Crippen LogP contribution >= 0.6 is 0 Å². The highest BCUT2D eigenvalue weighted by atomic mass is 28.3. The molecule has 0 saturated carbocycles. The summed E-state index contributed by atoms with van der Waals surface area (Å²) in [4.78, 5) is 15.4. The van der Waals surface area contributed by atoms with E-state index in [4.69, 9.17) is 4.74 Å². The first-order valence-corrected chi connectivity index (χ1v) is 15.1. The minimum absolute atomic E-state index is 0.0669. The second-order valence-corrected chi connectivity index (χ2v) is 14.3. The van der Waals surface area contributed by atoms with Crippen LogP contribution in [0.5, 0.6) is 0 Å². The fourth-order valence-electron chi connectivity index (χ4n) is 4.50. The molecule has 0 unspecified atom stereocenters. The molecule has 0 heterocycles. The van der Waals surface area contributed by atoms with Gasteiger partial charge in [0.05, 0.1) is 0 Å². The average Bonchev–Trinajstić information content (AvgIpc) is 2.78. The van der Waals surface area contributed by atoms with Crippen molar-refractivity contribution in [2.45, 2.75) is 85.7 Å². The van der Waals surface area contributed by atoms with Crippen LogP contribution in [0.25, 0.3) is 0 Å². The summed E-state index contributed by atoms with van der Waals surface area (Å²) in [5.41, 5.74) is 2.26. The fourth-order valence-corrected chi connectivity index (χ4v) is 8.21. The van der Waals surface area contributed by atoms with Gasteiger partial charge in [-0.2, -0.15) is 0 Å². The van der Waals surface area contributed by atoms with E-state index in [1.54, 1.807) is 0 Å². The van der Waals surface area contributed by atoms with Gasteiger partial charge in [0.15, 0.2) is 8.07 Å².